The molecule has 9 heteroatoms. The molecule has 3 heterocycles. The van der Waals surface area contributed by atoms with E-state index in [4.69, 9.17) is 0 Å². The van der Waals surface area contributed by atoms with E-state index in [1.165, 1.54) is 0 Å². The first-order chi connectivity index (χ1) is 12.9. The van der Waals surface area contributed by atoms with Crippen LogP contribution in [0, 0.1) is 5.92 Å². The summed E-state index contributed by atoms with van der Waals surface area (Å²) in [5.41, 5.74) is -0.121. The first-order valence-electron chi connectivity index (χ1n) is 8.86. The van der Waals surface area contributed by atoms with E-state index in [2.05, 4.69) is 26.6 Å². The van der Waals surface area contributed by atoms with Gasteiger partial charge in [-0.15, -0.1) is 0 Å². The maximum absolute atomic E-state index is 12.9. The number of amides is 5. The fourth-order valence-corrected chi connectivity index (χ4v) is 4.26. The van der Waals surface area contributed by atoms with E-state index >= 15 is 0 Å². The minimum atomic E-state index is -0.900. The summed E-state index contributed by atoms with van der Waals surface area (Å²) < 4.78 is 0.927. The Morgan fingerprint density at radius 3 is 2.37 bits per heavy atom. The Bertz CT molecular complexity index is 817. The van der Waals surface area contributed by atoms with Crippen LogP contribution in [0.2, 0.25) is 0 Å². The molecular weight excluding hydrogens is 416 g/mol. The number of hydrogen-bond donors (Lipinski definition) is 2. The zero-order valence-corrected chi connectivity index (χ0v) is 16.1. The number of benzene rings is 1. The van der Waals surface area contributed by atoms with Gasteiger partial charge in [-0.05, 0) is 37.1 Å². The van der Waals surface area contributed by atoms with Crippen molar-refractivity contribution < 1.29 is 19.2 Å². The number of carbonyl (C=O) groups excluding carboxylic acids is 4. The Morgan fingerprint density at radius 1 is 1.11 bits per heavy atom. The first kappa shape index (κ1) is 18.0. The summed E-state index contributed by atoms with van der Waals surface area (Å²) in [5, 5.41) is 4.95. The monoisotopic (exact) mass is 434 g/mol. The summed E-state index contributed by atoms with van der Waals surface area (Å²) in [6, 6.07) is 6.94. The van der Waals surface area contributed by atoms with Crippen LogP contribution in [0.5, 0.6) is 0 Å². The Labute approximate surface area is 164 Å². The maximum atomic E-state index is 12.9. The van der Waals surface area contributed by atoms with E-state index < -0.39 is 11.6 Å². The molecule has 0 radical (unpaired) electrons. The van der Waals surface area contributed by atoms with Crippen LogP contribution in [0.3, 0.4) is 0 Å². The number of anilines is 1. The number of nitrogens with zero attached hydrogens (tertiary/aromatic N) is 2. The van der Waals surface area contributed by atoms with Gasteiger partial charge in [0.25, 0.3) is 5.91 Å². The summed E-state index contributed by atoms with van der Waals surface area (Å²) in [4.78, 5) is 52.0. The highest BCUT2D eigenvalue weighted by Crippen LogP contribution is 2.30. The van der Waals surface area contributed by atoms with Gasteiger partial charge < -0.3 is 15.1 Å². The smallest absolute Gasteiger partial charge is 0.322 e. The van der Waals surface area contributed by atoms with E-state index in [0.29, 0.717) is 32.5 Å². The zero-order chi connectivity index (χ0) is 19.2. The molecule has 1 spiro atoms. The molecule has 1 unspecified atom stereocenters. The topological polar surface area (TPSA) is 98.8 Å². The fourth-order valence-electron chi connectivity index (χ4n) is 3.99. The van der Waals surface area contributed by atoms with Crippen molar-refractivity contribution in [1.82, 2.24) is 15.5 Å². The molecule has 4 rings (SSSR count). The third kappa shape index (κ3) is 3.20. The van der Waals surface area contributed by atoms with Crippen molar-refractivity contribution in [2.24, 2.45) is 5.92 Å². The number of rotatable bonds is 2. The summed E-state index contributed by atoms with van der Waals surface area (Å²) in [7, 11) is 0. The van der Waals surface area contributed by atoms with Crippen molar-refractivity contribution in [2.75, 3.05) is 24.5 Å². The molecule has 0 saturated carbocycles. The van der Waals surface area contributed by atoms with Crippen molar-refractivity contribution in [3.8, 4) is 0 Å². The van der Waals surface area contributed by atoms with Crippen LogP contribution >= 0.6 is 15.9 Å². The average molecular weight is 435 g/mol. The number of imide groups is 1. The van der Waals surface area contributed by atoms with Gasteiger partial charge in [0.1, 0.15) is 5.54 Å². The lowest BCUT2D eigenvalue weighted by molar-refractivity contribution is -0.139. The standard InChI is InChI=1S/C18H19BrN4O4/c19-12-1-3-13(4-2-12)23-10-11(9-14(23)24)15(25)22-7-5-18(6-8-22)16(26)20-17(27)21-18/h1-4,11H,5-10H2,(H2,20,21,26,27). The van der Waals surface area contributed by atoms with Gasteiger partial charge in [-0.2, -0.15) is 0 Å². The lowest BCUT2D eigenvalue weighted by Gasteiger charge is -2.37. The normalized spacial score (nSPS) is 24.3. The molecule has 1 atom stereocenters. The second-order valence-corrected chi connectivity index (χ2v) is 8.11. The predicted molar refractivity (Wildman–Crippen MR) is 99.8 cm³/mol. The van der Waals surface area contributed by atoms with Crippen LogP contribution in [0.1, 0.15) is 19.3 Å². The summed E-state index contributed by atoms with van der Waals surface area (Å²) in [6.07, 6.45) is 0.953. The highest BCUT2D eigenvalue weighted by atomic mass is 79.9. The van der Waals surface area contributed by atoms with Crippen molar-refractivity contribution in [3.63, 3.8) is 0 Å². The van der Waals surface area contributed by atoms with Crippen LogP contribution in [0.4, 0.5) is 10.5 Å². The van der Waals surface area contributed by atoms with Gasteiger partial charge in [0.05, 0.1) is 5.92 Å². The molecule has 3 fully saturated rings. The van der Waals surface area contributed by atoms with Crippen molar-refractivity contribution in [3.05, 3.63) is 28.7 Å². The van der Waals surface area contributed by atoms with Crippen molar-refractivity contribution >= 4 is 45.4 Å². The molecule has 3 aliphatic rings. The Hall–Kier alpha value is -2.42. The van der Waals surface area contributed by atoms with E-state index in [1.807, 2.05) is 24.3 Å². The Kier molecular flexibility index (Phi) is 4.41. The SMILES string of the molecule is O=C1NC(=O)C2(CCN(C(=O)C3CC(=O)N(c4ccc(Br)cc4)C3)CC2)N1. The largest absolute Gasteiger partial charge is 0.342 e. The third-order valence-electron chi connectivity index (χ3n) is 5.56. The van der Waals surface area contributed by atoms with Crippen LogP contribution in [-0.2, 0) is 14.4 Å². The molecule has 8 nitrogen and oxygen atoms in total. The maximum Gasteiger partial charge on any atom is 0.322 e. The highest BCUT2D eigenvalue weighted by Gasteiger charge is 2.49. The average Bonchev–Trinajstić information content (AvgIpc) is 3.16. The van der Waals surface area contributed by atoms with Gasteiger partial charge in [0, 0.05) is 36.2 Å². The number of halogens is 1. The summed E-state index contributed by atoms with van der Waals surface area (Å²) in [5.74, 6) is -0.839. The van der Waals surface area contributed by atoms with Crippen LogP contribution in [-0.4, -0.2) is 53.8 Å². The predicted octanol–water partition coefficient (Wildman–Crippen LogP) is 1.00. The van der Waals surface area contributed by atoms with Crippen LogP contribution < -0.4 is 15.5 Å². The molecule has 0 bridgehead atoms. The van der Waals surface area contributed by atoms with Crippen molar-refractivity contribution in [2.45, 2.75) is 24.8 Å². The second-order valence-electron chi connectivity index (χ2n) is 7.20. The molecule has 0 aliphatic carbocycles. The molecule has 0 aromatic heterocycles. The van der Waals surface area contributed by atoms with Gasteiger partial charge in [-0.25, -0.2) is 4.79 Å². The molecule has 3 saturated heterocycles. The molecule has 2 N–H and O–H groups in total. The highest BCUT2D eigenvalue weighted by molar-refractivity contribution is 9.10. The van der Waals surface area contributed by atoms with Gasteiger partial charge in [0.2, 0.25) is 11.8 Å². The molecule has 1 aromatic carbocycles. The quantitative estimate of drug-likeness (QED) is 0.678. The van der Waals surface area contributed by atoms with Crippen molar-refractivity contribution in [1.29, 1.82) is 0 Å². The summed E-state index contributed by atoms with van der Waals surface area (Å²) in [6.45, 7) is 1.13. The fraction of sp³-hybridized carbons (Fsp3) is 0.444. The molecule has 5 amide bonds. The second kappa shape index (κ2) is 6.63. The lowest BCUT2D eigenvalue weighted by Crippen LogP contribution is -2.56. The van der Waals surface area contributed by atoms with Gasteiger partial charge in [-0.3, -0.25) is 19.7 Å². The number of piperidine rings is 1. The minimum Gasteiger partial charge on any atom is -0.342 e. The third-order valence-corrected chi connectivity index (χ3v) is 6.08. The number of urea groups is 1. The number of likely N-dealkylation sites (tertiary alicyclic amines) is 1. The van der Waals surface area contributed by atoms with Crippen LogP contribution in [0.15, 0.2) is 28.7 Å². The molecule has 27 heavy (non-hydrogen) atoms. The van der Waals surface area contributed by atoms with E-state index in [0.717, 1.165) is 10.2 Å². The van der Waals surface area contributed by atoms with Crippen LogP contribution in [0.25, 0.3) is 0 Å². The van der Waals surface area contributed by atoms with E-state index in [-0.39, 0.29) is 30.1 Å². The zero-order valence-electron chi connectivity index (χ0n) is 14.5. The minimum absolute atomic E-state index is 0.0633. The number of carbonyl (C=O) groups is 4. The van der Waals surface area contributed by atoms with E-state index in [1.54, 1.807) is 9.80 Å². The summed E-state index contributed by atoms with van der Waals surface area (Å²) >= 11 is 3.37. The Morgan fingerprint density at radius 2 is 1.78 bits per heavy atom. The van der Waals surface area contributed by atoms with Gasteiger partial charge in [-0.1, -0.05) is 15.9 Å². The molecule has 142 valence electrons. The Balaban J connectivity index is 1.39. The van der Waals surface area contributed by atoms with E-state index in [9.17, 15) is 19.2 Å². The van der Waals surface area contributed by atoms with Gasteiger partial charge in [0.15, 0.2) is 0 Å². The number of hydrogen-bond acceptors (Lipinski definition) is 4. The first-order valence-corrected chi connectivity index (χ1v) is 9.66. The molecule has 1 aromatic rings. The van der Waals surface area contributed by atoms with Gasteiger partial charge >= 0.3 is 6.03 Å². The molecular formula is C18H19BrN4O4. The number of nitrogens with one attached hydrogen (secondary N) is 2. The molecule has 3 aliphatic heterocycles. The lowest BCUT2D eigenvalue weighted by atomic mass is 9.87.